The molecule has 0 heterocycles. The van der Waals surface area contributed by atoms with Crippen molar-refractivity contribution in [3.05, 3.63) is 30.3 Å². The van der Waals surface area contributed by atoms with Gasteiger partial charge in [0.15, 0.2) is 0 Å². The molecule has 1 aromatic carbocycles. The second-order valence-corrected chi connectivity index (χ2v) is 8.08. The third kappa shape index (κ3) is 8.30. The highest BCUT2D eigenvalue weighted by Gasteiger charge is 2.39. The lowest BCUT2D eigenvalue weighted by atomic mass is 10.3. The van der Waals surface area contributed by atoms with Crippen LogP contribution in [0.15, 0.2) is 30.3 Å². The summed E-state index contributed by atoms with van der Waals surface area (Å²) in [5.41, 5.74) is 1.02. The summed E-state index contributed by atoms with van der Waals surface area (Å²) in [6, 6.07) is 10.8. The average molecular weight is 372 g/mol. The maximum absolute atomic E-state index is 5.91. The SMILES string of the molecule is CCO[Si](CCCN(OCCOC)c1ccccc1)(OCC)OCC. The second-order valence-electron chi connectivity index (χ2n) is 5.35. The van der Waals surface area contributed by atoms with Crippen LogP contribution in [0.1, 0.15) is 27.2 Å². The number of para-hydroxylation sites is 1. The number of rotatable bonds is 15. The quantitative estimate of drug-likeness (QED) is 0.267. The van der Waals surface area contributed by atoms with Crippen LogP contribution >= 0.6 is 0 Å². The van der Waals surface area contributed by atoms with Gasteiger partial charge in [-0.25, -0.2) is 0 Å². The Morgan fingerprint density at radius 3 is 2.00 bits per heavy atom. The van der Waals surface area contributed by atoms with Crippen LogP contribution in [-0.2, 0) is 22.9 Å². The van der Waals surface area contributed by atoms with E-state index in [1.54, 1.807) is 7.11 Å². The maximum Gasteiger partial charge on any atom is 0.500 e. The van der Waals surface area contributed by atoms with Crippen LogP contribution in [0.3, 0.4) is 0 Å². The lowest BCUT2D eigenvalue weighted by molar-refractivity contribution is 0.0519. The number of anilines is 1. The Kier molecular flexibility index (Phi) is 11.7. The van der Waals surface area contributed by atoms with Gasteiger partial charge in [-0.1, -0.05) is 18.2 Å². The molecule has 0 saturated heterocycles. The number of hydrogen-bond donors (Lipinski definition) is 0. The smallest absolute Gasteiger partial charge is 0.382 e. The first-order chi connectivity index (χ1) is 12.2. The van der Waals surface area contributed by atoms with Crippen molar-refractivity contribution in [2.45, 2.75) is 33.2 Å². The van der Waals surface area contributed by atoms with Gasteiger partial charge in [0.25, 0.3) is 0 Å². The van der Waals surface area contributed by atoms with E-state index in [4.69, 9.17) is 22.9 Å². The van der Waals surface area contributed by atoms with Crippen molar-refractivity contribution in [2.75, 3.05) is 51.8 Å². The molecule has 0 bridgehead atoms. The van der Waals surface area contributed by atoms with E-state index in [-0.39, 0.29) is 0 Å². The number of benzene rings is 1. The third-order valence-electron chi connectivity index (χ3n) is 3.52. The van der Waals surface area contributed by atoms with Gasteiger partial charge in [-0.3, -0.25) is 9.90 Å². The lowest BCUT2D eigenvalue weighted by Gasteiger charge is -2.30. The average Bonchev–Trinajstić information content (AvgIpc) is 2.62. The molecule has 6 nitrogen and oxygen atoms in total. The molecule has 0 unspecified atom stereocenters. The fourth-order valence-electron chi connectivity index (χ4n) is 2.53. The molecule has 1 aromatic rings. The highest BCUT2D eigenvalue weighted by Crippen LogP contribution is 2.20. The molecule has 0 radical (unpaired) electrons. The van der Waals surface area contributed by atoms with Gasteiger partial charge in [-0.15, -0.1) is 0 Å². The molecule has 0 aliphatic rings. The molecule has 0 aliphatic carbocycles. The molecule has 25 heavy (non-hydrogen) atoms. The van der Waals surface area contributed by atoms with Crippen molar-refractivity contribution < 1.29 is 22.9 Å². The lowest BCUT2D eigenvalue weighted by Crippen LogP contribution is -2.46. The Bertz CT molecular complexity index is 418. The molecule has 0 aromatic heterocycles. The fourth-order valence-corrected chi connectivity index (χ4v) is 5.13. The van der Waals surface area contributed by atoms with Gasteiger partial charge < -0.3 is 18.0 Å². The summed E-state index contributed by atoms with van der Waals surface area (Å²) in [7, 11) is -0.939. The van der Waals surface area contributed by atoms with E-state index in [0.717, 1.165) is 24.7 Å². The number of nitrogens with zero attached hydrogens (tertiary/aromatic N) is 1. The summed E-state index contributed by atoms with van der Waals surface area (Å²) in [5.74, 6) is 0. The minimum absolute atomic E-state index is 0.510. The van der Waals surface area contributed by atoms with Crippen LogP contribution in [-0.4, -0.2) is 55.5 Å². The molecule has 0 fully saturated rings. The van der Waals surface area contributed by atoms with Gasteiger partial charge in [-0.05, 0) is 39.3 Å². The molecule has 144 valence electrons. The minimum atomic E-state index is -2.61. The van der Waals surface area contributed by atoms with E-state index in [2.05, 4.69) is 0 Å². The zero-order chi connectivity index (χ0) is 18.4. The molecule has 0 amide bonds. The van der Waals surface area contributed by atoms with Gasteiger partial charge in [0.05, 0.1) is 18.9 Å². The standard InChI is InChI=1S/C18H33NO5Si/c1-5-22-25(23-6-2,24-7-3)17-11-14-19(21-16-15-20-4)18-12-9-8-10-13-18/h8-10,12-13H,5-7,11,14-17H2,1-4H3. The van der Waals surface area contributed by atoms with Crippen molar-refractivity contribution in [3.8, 4) is 0 Å². The zero-order valence-corrected chi connectivity index (χ0v) is 17.0. The van der Waals surface area contributed by atoms with E-state index in [1.165, 1.54) is 0 Å². The van der Waals surface area contributed by atoms with Crippen LogP contribution < -0.4 is 5.06 Å². The number of hydroxylamine groups is 1. The zero-order valence-electron chi connectivity index (χ0n) is 16.0. The van der Waals surface area contributed by atoms with Crippen LogP contribution in [0.4, 0.5) is 5.69 Å². The second kappa shape index (κ2) is 13.3. The number of ether oxygens (including phenoxy) is 1. The van der Waals surface area contributed by atoms with E-state index in [1.807, 2.05) is 56.2 Å². The predicted molar refractivity (Wildman–Crippen MR) is 102 cm³/mol. The molecule has 0 saturated carbocycles. The van der Waals surface area contributed by atoms with Crippen molar-refractivity contribution in [2.24, 2.45) is 0 Å². The number of hydrogen-bond acceptors (Lipinski definition) is 6. The van der Waals surface area contributed by atoms with Gasteiger partial charge in [0, 0.05) is 39.5 Å². The Morgan fingerprint density at radius 2 is 1.48 bits per heavy atom. The topological polar surface area (TPSA) is 49.4 Å². The van der Waals surface area contributed by atoms with Crippen LogP contribution in [0.25, 0.3) is 0 Å². The molecule has 1 rings (SSSR count). The molecule has 0 N–H and O–H groups in total. The van der Waals surface area contributed by atoms with E-state index < -0.39 is 8.80 Å². The molecule has 7 heteroatoms. The molecule has 0 atom stereocenters. The molecular formula is C18H33NO5Si. The highest BCUT2D eigenvalue weighted by atomic mass is 28.4. The van der Waals surface area contributed by atoms with Crippen LogP contribution in [0.2, 0.25) is 6.04 Å². The van der Waals surface area contributed by atoms with E-state index >= 15 is 0 Å². The third-order valence-corrected chi connectivity index (χ3v) is 6.67. The van der Waals surface area contributed by atoms with Gasteiger partial charge in [0.2, 0.25) is 0 Å². The first-order valence-electron chi connectivity index (χ1n) is 9.07. The molecular weight excluding hydrogens is 338 g/mol. The maximum atomic E-state index is 5.91. The largest absolute Gasteiger partial charge is 0.500 e. The van der Waals surface area contributed by atoms with Crippen molar-refractivity contribution in [1.29, 1.82) is 0 Å². The summed E-state index contributed by atoms with van der Waals surface area (Å²) < 4.78 is 22.8. The predicted octanol–water partition coefficient (Wildman–Crippen LogP) is 3.51. The van der Waals surface area contributed by atoms with Crippen LogP contribution in [0, 0.1) is 0 Å². The van der Waals surface area contributed by atoms with Crippen molar-refractivity contribution >= 4 is 14.5 Å². The van der Waals surface area contributed by atoms with Crippen molar-refractivity contribution in [3.63, 3.8) is 0 Å². The van der Waals surface area contributed by atoms with Crippen LogP contribution in [0.5, 0.6) is 0 Å². The van der Waals surface area contributed by atoms with Gasteiger partial charge >= 0.3 is 8.80 Å². The van der Waals surface area contributed by atoms with Gasteiger partial charge in [-0.2, -0.15) is 0 Å². The normalized spacial score (nSPS) is 11.7. The summed E-state index contributed by atoms with van der Waals surface area (Å²) in [6.07, 6.45) is 0.855. The number of methoxy groups -OCH3 is 1. The summed E-state index contributed by atoms with van der Waals surface area (Å²) in [5, 5.41) is 1.90. The Labute approximate surface area is 153 Å². The first kappa shape index (κ1) is 22.1. The Hall–Kier alpha value is -0.963. The first-order valence-corrected chi connectivity index (χ1v) is 11.0. The van der Waals surface area contributed by atoms with Gasteiger partial charge in [0.1, 0.15) is 0 Å². The summed E-state index contributed by atoms with van der Waals surface area (Å²) in [6.45, 7) is 9.51. The molecule has 0 aliphatic heterocycles. The highest BCUT2D eigenvalue weighted by molar-refractivity contribution is 6.60. The summed E-state index contributed by atoms with van der Waals surface area (Å²) in [4.78, 5) is 5.86. The Morgan fingerprint density at radius 1 is 0.880 bits per heavy atom. The monoisotopic (exact) mass is 371 g/mol. The summed E-state index contributed by atoms with van der Waals surface area (Å²) >= 11 is 0. The van der Waals surface area contributed by atoms with Crippen molar-refractivity contribution in [1.82, 2.24) is 0 Å². The van der Waals surface area contributed by atoms with E-state index in [9.17, 15) is 0 Å². The Balaban J connectivity index is 2.66. The molecule has 0 spiro atoms. The van der Waals surface area contributed by atoms with E-state index in [0.29, 0.717) is 33.0 Å². The minimum Gasteiger partial charge on any atom is -0.382 e. The fraction of sp³-hybridized carbons (Fsp3) is 0.667.